The summed E-state index contributed by atoms with van der Waals surface area (Å²) in [4.78, 5) is 11.9. The van der Waals surface area contributed by atoms with Gasteiger partial charge >= 0.3 is 6.03 Å². The molecule has 0 aromatic heterocycles. The molecule has 22 heavy (non-hydrogen) atoms. The predicted molar refractivity (Wildman–Crippen MR) is 92.9 cm³/mol. The molecule has 0 saturated carbocycles. The molecule has 2 aromatic carbocycles. The highest BCUT2D eigenvalue weighted by molar-refractivity contribution is 9.10. The highest BCUT2D eigenvalue weighted by Gasteiger charge is 2.07. The lowest BCUT2D eigenvalue weighted by atomic mass is 10.1. The summed E-state index contributed by atoms with van der Waals surface area (Å²) in [7, 11) is 1.54. The van der Waals surface area contributed by atoms with Crippen LogP contribution in [0.5, 0.6) is 5.75 Å². The average Bonchev–Trinajstić information content (AvgIpc) is 2.49. The minimum atomic E-state index is -0.294. The molecule has 0 fully saturated rings. The first-order valence-corrected chi connectivity index (χ1v) is 7.88. The average molecular weight is 384 g/mol. The molecule has 0 atom stereocenters. The van der Waals surface area contributed by atoms with Crippen LogP contribution in [-0.2, 0) is 6.42 Å². The normalized spacial score (nSPS) is 10.1. The van der Waals surface area contributed by atoms with Gasteiger partial charge in [-0.2, -0.15) is 0 Å². The van der Waals surface area contributed by atoms with Crippen LogP contribution >= 0.6 is 27.5 Å². The zero-order valence-corrected chi connectivity index (χ0v) is 14.4. The molecule has 2 amide bonds. The molecule has 0 radical (unpaired) electrons. The second-order valence-corrected chi connectivity index (χ2v) is 5.95. The first-order valence-electron chi connectivity index (χ1n) is 6.71. The lowest BCUT2D eigenvalue weighted by Crippen LogP contribution is -2.30. The van der Waals surface area contributed by atoms with Gasteiger partial charge in [-0.15, -0.1) is 0 Å². The molecule has 2 aromatic rings. The van der Waals surface area contributed by atoms with Crippen LogP contribution in [0.1, 0.15) is 5.56 Å². The van der Waals surface area contributed by atoms with E-state index in [1.165, 1.54) is 0 Å². The smallest absolute Gasteiger partial charge is 0.319 e. The number of hydrogen-bond donors (Lipinski definition) is 2. The molecular weight excluding hydrogens is 368 g/mol. The second kappa shape index (κ2) is 8.06. The highest BCUT2D eigenvalue weighted by Crippen LogP contribution is 2.27. The zero-order valence-electron chi connectivity index (χ0n) is 12.0. The lowest BCUT2D eigenvalue weighted by Gasteiger charge is -2.11. The Bertz CT molecular complexity index is 647. The van der Waals surface area contributed by atoms with Gasteiger partial charge in [0, 0.05) is 16.0 Å². The van der Waals surface area contributed by atoms with E-state index >= 15 is 0 Å². The number of rotatable bonds is 5. The summed E-state index contributed by atoms with van der Waals surface area (Å²) in [6.45, 7) is 0.538. The van der Waals surface area contributed by atoms with E-state index in [1.54, 1.807) is 25.3 Å². The second-order valence-electron chi connectivity index (χ2n) is 4.60. The van der Waals surface area contributed by atoms with Crippen molar-refractivity contribution in [1.82, 2.24) is 5.32 Å². The Morgan fingerprint density at radius 1 is 1.23 bits per heavy atom. The van der Waals surface area contributed by atoms with Crippen LogP contribution < -0.4 is 15.4 Å². The van der Waals surface area contributed by atoms with Crippen molar-refractivity contribution >= 4 is 39.2 Å². The number of methoxy groups -OCH3 is 1. The minimum absolute atomic E-state index is 0.294. The van der Waals surface area contributed by atoms with Crippen molar-refractivity contribution in [2.24, 2.45) is 0 Å². The molecule has 0 aliphatic rings. The first-order chi connectivity index (χ1) is 10.6. The lowest BCUT2D eigenvalue weighted by molar-refractivity contribution is 0.252. The van der Waals surface area contributed by atoms with Crippen LogP contribution in [0.25, 0.3) is 0 Å². The molecule has 0 bridgehead atoms. The number of nitrogens with one attached hydrogen (secondary N) is 2. The minimum Gasteiger partial charge on any atom is -0.495 e. The zero-order chi connectivity index (χ0) is 15.9. The van der Waals surface area contributed by atoms with Gasteiger partial charge in [0.1, 0.15) is 5.75 Å². The van der Waals surface area contributed by atoms with E-state index in [4.69, 9.17) is 16.3 Å². The summed E-state index contributed by atoms with van der Waals surface area (Å²) in [5.74, 6) is 0.562. The van der Waals surface area contributed by atoms with Crippen molar-refractivity contribution in [3.8, 4) is 5.75 Å². The number of carbonyl (C=O) groups is 1. The van der Waals surface area contributed by atoms with E-state index in [1.807, 2.05) is 24.3 Å². The van der Waals surface area contributed by atoms with E-state index in [9.17, 15) is 4.79 Å². The SMILES string of the molecule is COc1ccc(Cl)cc1NC(=O)NCCc1ccc(Br)cc1. The molecule has 116 valence electrons. The number of ether oxygens (including phenoxy) is 1. The van der Waals surface area contributed by atoms with Crippen molar-refractivity contribution in [3.63, 3.8) is 0 Å². The molecule has 0 spiro atoms. The predicted octanol–water partition coefficient (Wildman–Crippen LogP) is 4.48. The number of carbonyl (C=O) groups excluding carboxylic acids is 1. The number of anilines is 1. The summed E-state index contributed by atoms with van der Waals surface area (Å²) in [5.41, 5.74) is 1.69. The summed E-state index contributed by atoms with van der Waals surface area (Å²) >= 11 is 9.31. The van der Waals surface area contributed by atoms with Crippen molar-refractivity contribution in [2.45, 2.75) is 6.42 Å². The maximum atomic E-state index is 11.9. The van der Waals surface area contributed by atoms with E-state index < -0.39 is 0 Å². The largest absolute Gasteiger partial charge is 0.495 e. The van der Waals surface area contributed by atoms with Gasteiger partial charge in [-0.25, -0.2) is 4.79 Å². The summed E-state index contributed by atoms with van der Waals surface area (Å²) in [6.07, 6.45) is 0.757. The molecule has 0 unspecified atom stereocenters. The van der Waals surface area contributed by atoms with Crippen molar-refractivity contribution in [1.29, 1.82) is 0 Å². The van der Waals surface area contributed by atoms with Crippen LogP contribution in [0.2, 0.25) is 5.02 Å². The van der Waals surface area contributed by atoms with Gasteiger partial charge in [-0.1, -0.05) is 39.7 Å². The van der Waals surface area contributed by atoms with Crippen molar-refractivity contribution < 1.29 is 9.53 Å². The third-order valence-corrected chi connectivity index (χ3v) is 3.79. The van der Waals surface area contributed by atoms with Gasteiger partial charge < -0.3 is 15.4 Å². The van der Waals surface area contributed by atoms with Crippen molar-refractivity contribution in [3.05, 3.63) is 57.5 Å². The maximum Gasteiger partial charge on any atom is 0.319 e. The standard InChI is InChI=1S/C16H16BrClN2O2/c1-22-15-7-6-13(18)10-14(15)20-16(21)19-9-8-11-2-4-12(17)5-3-11/h2-7,10H,8-9H2,1H3,(H2,19,20,21). The number of halogens is 2. The maximum absolute atomic E-state index is 11.9. The van der Waals surface area contributed by atoms with Crippen LogP contribution in [0.4, 0.5) is 10.5 Å². The topological polar surface area (TPSA) is 50.4 Å². The summed E-state index contributed by atoms with van der Waals surface area (Å²) < 4.78 is 6.22. The molecule has 2 N–H and O–H groups in total. The van der Waals surface area contributed by atoms with E-state index in [-0.39, 0.29) is 6.03 Å². The Hall–Kier alpha value is -1.72. The van der Waals surface area contributed by atoms with Gasteiger partial charge in [0.05, 0.1) is 12.8 Å². The van der Waals surface area contributed by atoms with E-state index in [0.29, 0.717) is 23.0 Å². The first kappa shape index (κ1) is 16.6. The molecule has 6 heteroatoms. The summed E-state index contributed by atoms with van der Waals surface area (Å²) in [5, 5.41) is 6.07. The molecule has 0 saturated heterocycles. The molecule has 0 aliphatic heterocycles. The van der Waals surface area contributed by atoms with Crippen LogP contribution in [0, 0.1) is 0 Å². The van der Waals surface area contributed by atoms with E-state index in [0.717, 1.165) is 16.5 Å². The molecule has 0 heterocycles. The fourth-order valence-corrected chi connectivity index (χ4v) is 2.35. The van der Waals surface area contributed by atoms with Gasteiger partial charge in [0.25, 0.3) is 0 Å². The fraction of sp³-hybridized carbons (Fsp3) is 0.188. The molecule has 4 nitrogen and oxygen atoms in total. The number of urea groups is 1. The number of hydrogen-bond acceptors (Lipinski definition) is 2. The Morgan fingerprint density at radius 3 is 2.64 bits per heavy atom. The third-order valence-electron chi connectivity index (χ3n) is 3.02. The van der Waals surface area contributed by atoms with Crippen molar-refractivity contribution in [2.75, 3.05) is 19.0 Å². The van der Waals surface area contributed by atoms with E-state index in [2.05, 4.69) is 26.6 Å². The van der Waals surface area contributed by atoms with Crippen LogP contribution in [0.3, 0.4) is 0 Å². The number of benzene rings is 2. The van der Waals surface area contributed by atoms with Gasteiger partial charge in [0.15, 0.2) is 0 Å². The Morgan fingerprint density at radius 2 is 1.95 bits per heavy atom. The van der Waals surface area contributed by atoms with Gasteiger partial charge in [-0.3, -0.25) is 0 Å². The Balaban J connectivity index is 1.85. The quantitative estimate of drug-likeness (QED) is 0.800. The summed E-state index contributed by atoms with van der Waals surface area (Å²) in [6, 6.07) is 12.8. The molecule has 0 aliphatic carbocycles. The van der Waals surface area contributed by atoms with Gasteiger partial charge in [0.2, 0.25) is 0 Å². The monoisotopic (exact) mass is 382 g/mol. The van der Waals surface area contributed by atoms with Crippen LogP contribution in [-0.4, -0.2) is 19.7 Å². The van der Waals surface area contributed by atoms with Gasteiger partial charge in [-0.05, 0) is 42.3 Å². The third kappa shape index (κ3) is 4.93. The molecule has 2 rings (SSSR count). The fourth-order valence-electron chi connectivity index (χ4n) is 1.92. The highest BCUT2D eigenvalue weighted by atomic mass is 79.9. The Labute approximate surface area is 142 Å². The number of amides is 2. The Kier molecular flexibility index (Phi) is 6.10. The van der Waals surface area contributed by atoms with Crippen LogP contribution in [0.15, 0.2) is 46.9 Å². The molecular formula is C16H16BrClN2O2.